The third-order valence-electron chi connectivity index (χ3n) is 4.77. The Morgan fingerprint density at radius 3 is 2.29 bits per heavy atom. The molecule has 0 aromatic rings. The van der Waals surface area contributed by atoms with Crippen molar-refractivity contribution in [2.75, 3.05) is 33.2 Å². The Hall–Kier alpha value is -0.120. The minimum Gasteiger partial charge on any atom is -0.391 e. The first-order chi connectivity index (χ1) is 8.08. The Kier molecular flexibility index (Phi) is 4.45. The summed E-state index contributed by atoms with van der Waals surface area (Å²) in [4.78, 5) is 4.91. The summed E-state index contributed by atoms with van der Waals surface area (Å²) < 4.78 is 0. The third kappa shape index (κ3) is 3.21. The Bertz CT molecular complexity index is 236. The molecule has 1 saturated carbocycles. The van der Waals surface area contributed by atoms with E-state index in [4.69, 9.17) is 0 Å². The fourth-order valence-corrected chi connectivity index (χ4v) is 3.31. The second-order valence-corrected chi connectivity index (χ2v) is 6.29. The van der Waals surface area contributed by atoms with Gasteiger partial charge in [0.2, 0.25) is 0 Å². The maximum atomic E-state index is 10.2. The van der Waals surface area contributed by atoms with Crippen LogP contribution < -0.4 is 0 Å². The first-order valence-corrected chi connectivity index (χ1v) is 7.18. The normalized spacial score (nSPS) is 37.6. The molecule has 1 N–H and O–H groups in total. The molecule has 1 aliphatic carbocycles. The highest BCUT2D eigenvalue weighted by molar-refractivity contribution is 4.89. The van der Waals surface area contributed by atoms with E-state index in [-0.39, 0.29) is 6.10 Å². The summed E-state index contributed by atoms with van der Waals surface area (Å²) in [5.74, 6) is 1.57. The van der Waals surface area contributed by atoms with E-state index in [9.17, 15) is 5.11 Å². The highest BCUT2D eigenvalue weighted by atomic mass is 16.3. The van der Waals surface area contributed by atoms with Gasteiger partial charge < -0.3 is 10.0 Å². The molecule has 0 radical (unpaired) electrons. The van der Waals surface area contributed by atoms with Crippen molar-refractivity contribution in [3.63, 3.8) is 0 Å². The highest BCUT2D eigenvalue weighted by Crippen LogP contribution is 2.33. The zero-order valence-electron chi connectivity index (χ0n) is 11.6. The van der Waals surface area contributed by atoms with Gasteiger partial charge in [0.05, 0.1) is 6.10 Å². The smallest absolute Gasteiger partial charge is 0.0695 e. The van der Waals surface area contributed by atoms with Crippen LogP contribution in [0.25, 0.3) is 0 Å². The van der Waals surface area contributed by atoms with Gasteiger partial charge in [-0.1, -0.05) is 13.8 Å². The molecular formula is C14H28N2O. The highest BCUT2D eigenvalue weighted by Gasteiger charge is 2.35. The zero-order valence-corrected chi connectivity index (χ0v) is 11.6. The Morgan fingerprint density at radius 2 is 1.71 bits per heavy atom. The molecule has 17 heavy (non-hydrogen) atoms. The van der Waals surface area contributed by atoms with Gasteiger partial charge in [-0.3, -0.25) is 4.90 Å². The molecule has 2 aliphatic rings. The molecule has 1 aliphatic heterocycles. The Labute approximate surface area is 106 Å². The van der Waals surface area contributed by atoms with Crippen molar-refractivity contribution in [2.24, 2.45) is 11.8 Å². The van der Waals surface area contributed by atoms with E-state index in [1.165, 1.54) is 12.8 Å². The van der Waals surface area contributed by atoms with E-state index in [0.29, 0.717) is 6.04 Å². The maximum absolute atomic E-state index is 10.2. The molecule has 100 valence electrons. The number of hydrogen-bond acceptors (Lipinski definition) is 3. The summed E-state index contributed by atoms with van der Waals surface area (Å²) in [6, 6.07) is 0.421. The summed E-state index contributed by atoms with van der Waals surface area (Å²) in [5, 5.41) is 10.2. The lowest BCUT2D eigenvalue weighted by Crippen LogP contribution is -2.54. The Morgan fingerprint density at radius 1 is 1.06 bits per heavy atom. The molecule has 0 bridgehead atoms. The number of nitrogens with zero attached hydrogens (tertiary/aromatic N) is 2. The number of hydrogen-bond donors (Lipinski definition) is 1. The van der Waals surface area contributed by atoms with Crippen LogP contribution in [0.15, 0.2) is 0 Å². The van der Waals surface area contributed by atoms with Crippen LogP contribution in [0.2, 0.25) is 0 Å². The largest absolute Gasteiger partial charge is 0.391 e. The van der Waals surface area contributed by atoms with Crippen LogP contribution in [0.1, 0.15) is 33.1 Å². The van der Waals surface area contributed by atoms with Gasteiger partial charge in [-0.05, 0) is 38.1 Å². The number of likely N-dealkylation sites (N-methyl/N-ethyl adjacent to an activating group) is 1. The predicted molar refractivity (Wildman–Crippen MR) is 71.0 cm³/mol. The van der Waals surface area contributed by atoms with Gasteiger partial charge >= 0.3 is 0 Å². The van der Waals surface area contributed by atoms with E-state index in [1.54, 1.807) is 0 Å². The lowest BCUT2D eigenvalue weighted by Gasteiger charge is -2.44. The molecule has 0 aromatic carbocycles. The van der Waals surface area contributed by atoms with E-state index < -0.39 is 0 Å². The van der Waals surface area contributed by atoms with Gasteiger partial charge in [0.15, 0.2) is 0 Å². The summed E-state index contributed by atoms with van der Waals surface area (Å²) in [7, 11) is 2.19. The molecule has 1 heterocycles. The van der Waals surface area contributed by atoms with Crippen molar-refractivity contribution >= 4 is 0 Å². The fourth-order valence-electron chi connectivity index (χ4n) is 3.31. The number of aliphatic hydroxyl groups excluding tert-OH is 1. The summed E-state index contributed by atoms with van der Waals surface area (Å²) in [6.45, 7) is 9.20. The van der Waals surface area contributed by atoms with Crippen molar-refractivity contribution in [2.45, 2.75) is 45.3 Å². The number of piperazine rings is 1. The van der Waals surface area contributed by atoms with E-state index in [0.717, 1.165) is 44.4 Å². The quantitative estimate of drug-likeness (QED) is 0.791. The lowest BCUT2D eigenvalue weighted by atomic mass is 9.77. The third-order valence-corrected chi connectivity index (χ3v) is 4.77. The van der Waals surface area contributed by atoms with Gasteiger partial charge in [-0.2, -0.15) is 0 Å². The average molecular weight is 240 g/mol. The number of aliphatic hydroxyl groups is 1. The summed E-state index contributed by atoms with van der Waals surface area (Å²) >= 11 is 0. The Balaban J connectivity index is 1.93. The van der Waals surface area contributed by atoms with E-state index in [2.05, 4.69) is 30.7 Å². The van der Waals surface area contributed by atoms with Crippen molar-refractivity contribution in [3.8, 4) is 0 Å². The molecule has 3 unspecified atom stereocenters. The van der Waals surface area contributed by atoms with Crippen molar-refractivity contribution in [3.05, 3.63) is 0 Å². The maximum Gasteiger partial charge on any atom is 0.0695 e. The van der Waals surface area contributed by atoms with Gasteiger partial charge in [0.25, 0.3) is 0 Å². The molecule has 3 heteroatoms. The molecular weight excluding hydrogens is 212 g/mol. The van der Waals surface area contributed by atoms with Gasteiger partial charge in [0, 0.05) is 32.2 Å². The SMILES string of the molecule is CC(C)C1CCC(O)C(N2CCN(C)CC2)C1. The molecule has 2 rings (SSSR count). The first kappa shape index (κ1) is 13.3. The first-order valence-electron chi connectivity index (χ1n) is 7.18. The van der Waals surface area contributed by atoms with Crippen LogP contribution >= 0.6 is 0 Å². The van der Waals surface area contributed by atoms with Gasteiger partial charge in [-0.15, -0.1) is 0 Å². The zero-order chi connectivity index (χ0) is 12.4. The van der Waals surface area contributed by atoms with Crippen molar-refractivity contribution < 1.29 is 5.11 Å². The van der Waals surface area contributed by atoms with Crippen molar-refractivity contribution in [1.82, 2.24) is 9.80 Å². The van der Waals surface area contributed by atoms with Gasteiger partial charge in [0.1, 0.15) is 0 Å². The van der Waals surface area contributed by atoms with Gasteiger partial charge in [-0.25, -0.2) is 0 Å². The minimum atomic E-state index is -0.0894. The average Bonchev–Trinajstić information content (AvgIpc) is 2.31. The van der Waals surface area contributed by atoms with Crippen LogP contribution in [0.5, 0.6) is 0 Å². The second-order valence-electron chi connectivity index (χ2n) is 6.29. The molecule has 1 saturated heterocycles. The van der Waals surface area contributed by atoms with E-state index >= 15 is 0 Å². The molecule has 3 nitrogen and oxygen atoms in total. The molecule has 0 aromatic heterocycles. The standard InChI is InChI=1S/C14H28N2O/c1-11(2)12-4-5-14(17)13(10-12)16-8-6-15(3)7-9-16/h11-14,17H,4-10H2,1-3H3. The van der Waals surface area contributed by atoms with E-state index in [1.807, 2.05) is 0 Å². The van der Waals surface area contributed by atoms with Crippen LogP contribution in [0, 0.1) is 11.8 Å². The van der Waals surface area contributed by atoms with Crippen LogP contribution in [0.3, 0.4) is 0 Å². The van der Waals surface area contributed by atoms with Crippen LogP contribution in [0.4, 0.5) is 0 Å². The summed E-state index contributed by atoms with van der Waals surface area (Å²) in [5.41, 5.74) is 0. The number of rotatable bonds is 2. The fraction of sp³-hybridized carbons (Fsp3) is 1.00. The van der Waals surface area contributed by atoms with Crippen molar-refractivity contribution in [1.29, 1.82) is 0 Å². The molecule has 0 amide bonds. The summed E-state index contributed by atoms with van der Waals surface area (Å²) in [6.07, 6.45) is 3.32. The predicted octanol–water partition coefficient (Wildman–Crippen LogP) is 1.42. The minimum absolute atomic E-state index is 0.0894. The van der Waals surface area contributed by atoms with Crippen LogP contribution in [-0.4, -0.2) is 60.3 Å². The topological polar surface area (TPSA) is 26.7 Å². The lowest BCUT2D eigenvalue weighted by molar-refractivity contribution is -0.0202. The monoisotopic (exact) mass is 240 g/mol. The van der Waals surface area contributed by atoms with Crippen LogP contribution in [-0.2, 0) is 0 Å². The molecule has 3 atom stereocenters. The molecule has 0 spiro atoms. The molecule has 2 fully saturated rings. The second kappa shape index (κ2) is 5.68.